The molecule has 3 aromatic rings. The van der Waals surface area contributed by atoms with Gasteiger partial charge in [-0.25, -0.2) is 4.98 Å². The minimum atomic E-state index is 0.737. The van der Waals surface area contributed by atoms with Gasteiger partial charge in [0.1, 0.15) is 0 Å². The van der Waals surface area contributed by atoms with E-state index in [1.165, 1.54) is 0 Å². The molecule has 0 unspecified atom stereocenters. The number of imidazole rings is 1. The quantitative estimate of drug-likeness (QED) is 0.480. The highest BCUT2D eigenvalue weighted by molar-refractivity contribution is 5.80. The Morgan fingerprint density at radius 2 is 2.32 bits per heavy atom. The molecule has 0 radical (unpaired) electrons. The number of aromatic amines is 1. The van der Waals surface area contributed by atoms with E-state index in [0.29, 0.717) is 0 Å². The van der Waals surface area contributed by atoms with Crippen molar-refractivity contribution in [2.45, 2.75) is 13.0 Å². The van der Waals surface area contributed by atoms with Gasteiger partial charge in [0.2, 0.25) is 5.95 Å². The number of fused-ring (bicyclic) bond motifs is 1. The van der Waals surface area contributed by atoms with Crippen LogP contribution >= 0.6 is 0 Å². The average molecular weight is 256 g/mol. The summed E-state index contributed by atoms with van der Waals surface area (Å²) in [6, 6.07) is 7.58. The largest absolute Gasteiger partial charge is 0.399 e. The van der Waals surface area contributed by atoms with E-state index in [-0.39, 0.29) is 0 Å². The minimum absolute atomic E-state index is 0.737. The zero-order chi connectivity index (χ0) is 13.1. The Bertz CT molecular complexity index is 655. The van der Waals surface area contributed by atoms with E-state index in [1.807, 2.05) is 35.1 Å². The molecule has 3 rings (SSSR count). The van der Waals surface area contributed by atoms with Crippen LogP contribution in [-0.4, -0.2) is 26.3 Å². The van der Waals surface area contributed by atoms with Gasteiger partial charge in [0.25, 0.3) is 0 Å². The van der Waals surface area contributed by atoms with Gasteiger partial charge in [0, 0.05) is 31.2 Å². The summed E-state index contributed by atoms with van der Waals surface area (Å²) < 4.78 is 1.92. The number of nitrogens with zero attached hydrogens (tertiary/aromatic N) is 3. The highest BCUT2D eigenvalue weighted by atomic mass is 15.3. The van der Waals surface area contributed by atoms with Crippen LogP contribution in [0.2, 0.25) is 0 Å². The number of rotatable bonds is 5. The standard InChI is InChI=1S/C13H16N6/c14-10-3-4-11-12(9-10)18-13(17-11)15-5-1-7-19-8-2-6-16-19/h2-4,6,8-9H,1,5,7,14H2,(H2,15,17,18). The van der Waals surface area contributed by atoms with E-state index < -0.39 is 0 Å². The van der Waals surface area contributed by atoms with Crippen LogP contribution < -0.4 is 11.1 Å². The molecule has 6 nitrogen and oxygen atoms in total. The van der Waals surface area contributed by atoms with Gasteiger partial charge in [-0.2, -0.15) is 5.10 Å². The molecule has 2 heterocycles. The smallest absolute Gasteiger partial charge is 0.201 e. The summed E-state index contributed by atoms with van der Waals surface area (Å²) in [6.07, 6.45) is 4.74. The zero-order valence-corrected chi connectivity index (χ0v) is 10.5. The summed E-state index contributed by atoms with van der Waals surface area (Å²) >= 11 is 0. The average Bonchev–Trinajstić information content (AvgIpc) is 3.02. The van der Waals surface area contributed by atoms with Gasteiger partial charge in [-0.1, -0.05) is 0 Å². The Labute approximate surface area is 110 Å². The van der Waals surface area contributed by atoms with Crippen molar-refractivity contribution in [1.82, 2.24) is 19.7 Å². The van der Waals surface area contributed by atoms with Crippen LogP contribution in [0.3, 0.4) is 0 Å². The number of hydrogen-bond acceptors (Lipinski definition) is 4. The number of H-pyrrole nitrogens is 1. The van der Waals surface area contributed by atoms with E-state index in [1.54, 1.807) is 6.20 Å². The minimum Gasteiger partial charge on any atom is -0.399 e. The maximum Gasteiger partial charge on any atom is 0.201 e. The van der Waals surface area contributed by atoms with Crippen molar-refractivity contribution in [3.05, 3.63) is 36.7 Å². The van der Waals surface area contributed by atoms with Crippen LogP contribution in [0.25, 0.3) is 11.0 Å². The summed E-state index contributed by atoms with van der Waals surface area (Å²) in [5.74, 6) is 0.779. The molecule has 0 aliphatic rings. The molecule has 4 N–H and O–H groups in total. The Morgan fingerprint density at radius 3 is 3.16 bits per heavy atom. The van der Waals surface area contributed by atoms with E-state index in [0.717, 1.165) is 42.2 Å². The molecule has 19 heavy (non-hydrogen) atoms. The van der Waals surface area contributed by atoms with Gasteiger partial charge in [-0.3, -0.25) is 4.68 Å². The molecule has 0 fully saturated rings. The van der Waals surface area contributed by atoms with Crippen molar-refractivity contribution >= 4 is 22.7 Å². The number of aromatic nitrogens is 4. The van der Waals surface area contributed by atoms with Gasteiger partial charge in [-0.05, 0) is 30.7 Å². The van der Waals surface area contributed by atoms with E-state index in [9.17, 15) is 0 Å². The Balaban J connectivity index is 1.56. The number of anilines is 2. The lowest BCUT2D eigenvalue weighted by atomic mass is 10.3. The van der Waals surface area contributed by atoms with Gasteiger partial charge >= 0.3 is 0 Å². The van der Waals surface area contributed by atoms with Crippen molar-refractivity contribution < 1.29 is 0 Å². The predicted molar refractivity (Wildman–Crippen MR) is 75.8 cm³/mol. The molecule has 0 spiro atoms. The number of aryl methyl sites for hydroxylation is 1. The lowest BCUT2D eigenvalue weighted by molar-refractivity contribution is 0.591. The van der Waals surface area contributed by atoms with Crippen LogP contribution in [0.4, 0.5) is 11.6 Å². The number of nitrogen functional groups attached to an aromatic ring is 1. The Hall–Kier alpha value is -2.50. The van der Waals surface area contributed by atoms with Crippen LogP contribution in [-0.2, 0) is 6.54 Å². The van der Waals surface area contributed by atoms with Crippen molar-refractivity contribution in [1.29, 1.82) is 0 Å². The van der Waals surface area contributed by atoms with E-state index >= 15 is 0 Å². The fourth-order valence-electron chi connectivity index (χ4n) is 1.99. The molecule has 0 amide bonds. The van der Waals surface area contributed by atoms with Crippen molar-refractivity contribution in [3.63, 3.8) is 0 Å². The number of hydrogen-bond donors (Lipinski definition) is 3. The molecular weight excluding hydrogens is 240 g/mol. The third-order valence-corrected chi connectivity index (χ3v) is 2.92. The maximum atomic E-state index is 5.73. The van der Waals surface area contributed by atoms with Gasteiger partial charge in [-0.15, -0.1) is 0 Å². The van der Waals surface area contributed by atoms with E-state index in [4.69, 9.17) is 5.73 Å². The first kappa shape index (κ1) is 11.6. The van der Waals surface area contributed by atoms with E-state index in [2.05, 4.69) is 20.4 Å². The molecule has 0 aliphatic carbocycles. The Kier molecular flexibility index (Phi) is 3.06. The highest BCUT2D eigenvalue weighted by Crippen LogP contribution is 2.16. The molecule has 1 aromatic carbocycles. The second kappa shape index (κ2) is 5.01. The van der Waals surface area contributed by atoms with Crippen molar-refractivity contribution in [2.24, 2.45) is 0 Å². The first-order chi connectivity index (χ1) is 9.31. The lowest BCUT2D eigenvalue weighted by Gasteiger charge is -2.02. The molecular formula is C13H16N6. The third-order valence-electron chi connectivity index (χ3n) is 2.92. The third kappa shape index (κ3) is 2.67. The van der Waals surface area contributed by atoms with Crippen LogP contribution in [0, 0.1) is 0 Å². The molecule has 2 aromatic heterocycles. The van der Waals surface area contributed by atoms with Crippen LogP contribution in [0.15, 0.2) is 36.7 Å². The summed E-state index contributed by atoms with van der Waals surface area (Å²) in [6.45, 7) is 1.74. The SMILES string of the molecule is Nc1ccc2nc(NCCCn3cccn3)[nH]c2c1. The second-order valence-corrected chi connectivity index (χ2v) is 4.41. The van der Waals surface area contributed by atoms with Crippen LogP contribution in [0.1, 0.15) is 6.42 Å². The molecule has 0 saturated heterocycles. The summed E-state index contributed by atoms with van der Waals surface area (Å²) in [5, 5.41) is 7.42. The first-order valence-electron chi connectivity index (χ1n) is 6.28. The molecule has 0 atom stereocenters. The Morgan fingerprint density at radius 1 is 1.37 bits per heavy atom. The maximum absolute atomic E-state index is 5.73. The van der Waals surface area contributed by atoms with Gasteiger partial charge in [0.15, 0.2) is 0 Å². The van der Waals surface area contributed by atoms with Gasteiger partial charge < -0.3 is 16.0 Å². The topological polar surface area (TPSA) is 84.5 Å². The van der Waals surface area contributed by atoms with Crippen LogP contribution in [0.5, 0.6) is 0 Å². The number of benzene rings is 1. The fraction of sp³-hybridized carbons (Fsp3) is 0.231. The monoisotopic (exact) mass is 256 g/mol. The molecule has 6 heteroatoms. The molecule has 0 aliphatic heterocycles. The highest BCUT2D eigenvalue weighted by Gasteiger charge is 2.02. The predicted octanol–water partition coefficient (Wildman–Crippen LogP) is 1.84. The first-order valence-corrected chi connectivity index (χ1v) is 6.28. The second-order valence-electron chi connectivity index (χ2n) is 4.41. The summed E-state index contributed by atoms with van der Waals surface area (Å²) in [7, 11) is 0. The van der Waals surface area contributed by atoms with Crippen molar-refractivity contribution in [2.75, 3.05) is 17.6 Å². The normalized spacial score (nSPS) is 10.9. The fourth-order valence-corrected chi connectivity index (χ4v) is 1.99. The number of nitrogens with two attached hydrogens (primary N) is 1. The summed E-state index contributed by atoms with van der Waals surface area (Å²) in [4.78, 5) is 7.65. The lowest BCUT2D eigenvalue weighted by Crippen LogP contribution is -2.07. The van der Waals surface area contributed by atoms with Crippen molar-refractivity contribution in [3.8, 4) is 0 Å². The van der Waals surface area contributed by atoms with Gasteiger partial charge in [0.05, 0.1) is 11.0 Å². The zero-order valence-electron chi connectivity index (χ0n) is 10.5. The number of nitrogens with one attached hydrogen (secondary N) is 2. The summed E-state index contributed by atoms with van der Waals surface area (Å²) in [5.41, 5.74) is 8.34. The molecule has 0 saturated carbocycles. The molecule has 98 valence electrons. The molecule has 0 bridgehead atoms.